The molecular formula is C87H165NO18. The van der Waals surface area contributed by atoms with Gasteiger partial charge in [0.15, 0.2) is 18.9 Å². The first-order valence-electron chi connectivity index (χ1n) is 44.6. The largest absolute Gasteiger partial charge is 0.394 e. The number of aliphatic hydroxyl groups excluding tert-OH is 11. The molecule has 0 aromatic carbocycles. The van der Waals surface area contributed by atoms with Gasteiger partial charge in [-0.2, -0.15) is 0 Å². The maximum Gasteiger partial charge on any atom is 0.220 e. The van der Waals surface area contributed by atoms with Crippen LogP contribution < -0.4 is 5.32 Å². The van der Waals surface area contributed by atoms with E-state index in [1.165, 1.54) is 308 Å². The topological polar surface area (TPSA) is 307 Å². The van der Waals surface area contributed by atoms with Gasteiger partial charge in [-0.05, 0) is 44.9 Å². The van der Waals surface area contributed by atoms with Gasteiger partial charge in [0.05, 0.1) is 38.6 Å². The van der Waals surface area contributed by atoms with E-state index in [4.69, 9.17) is 28.4 Å². The highest BCUT2D eigenvalue weighted by atomic mass is 16.8. The maximum absolute atomic E-state index is 13.5. The second-order valence-electron chi connectivity index (χ2n) is 32.1. The van der Waals surface area contributed by atoms with Crippen LogP contribution in [0, 0.1) is 0 Å². The van der Waals surface area contributed by atoms with Crippen molar-refractivity contribution in [2.75, 3.05) is 26.4 Å². The quantitative estimate of drug-likeness (QED) is 0.0199. The summed E-state index contributed by atoms with van der Waals surface area (Å²) in [7, 11) is 0. The third-order valence-electron chi connectivity index (χ3n) is 22.5. The Hall–Kier alpha value is -1.73. The molecule has 0 spiro atoms. The summed E-state index contributed by atoms with van der Waals surface area (Å²) in [5.74, 6) is -0.234. The molecule has 17 unspecified atom stereocenters. The Morgan fingerprint density at radius 2 is 0.623 bits per heavy atom. The summed E-state index contributed by atoms with van der Waals surface area (Å²) < 4.78 is 34.6. The minimum Gasteiger partial charge on any atom is -0.394 e. The number of carbonyl (C=O) groups is 1. The number of nitrogens with one attached hydrogen (secondary N) is 1. The molecule has 3 aliphatic heterocycles. The summed E-state index contributed by atoms with van der Waals surface area (Å²) in [6, 6.07) is -0.887. The van der Waals surface area contributed by atoms with E-state index in [9.17, 15) is 61.0 Å². The first-order chi connectivity index (χ1) is 51.8. The Morgan fingerprint density at radius 3 is 0.962 bits per heavy atom. The smallest absolute Gasteiger partial charge is 0.220 e. The Morgan fingerprint density at radius 1 is 0.340 bits per heavy atom. The number of rotatable bonds is 73. The molecule has 0 radical (unpaired) electrons. The predicted octanol–water partition coefficient (Wildman–Crippen LogP) is 16.5. The lowest BCUT2D eigenvalue weighted by atomic mass is 9.96. The van der Waals surface area contributed by atoms with E-state index in [0.29, 0.717) is 12.8 Å². The lowest BCUT2D eigenvalue weighted by Gasteiger charge is -2.48. The van der Waals surface area contributed by atoms with E-state index >= 15 is 0 Å². The molecule has 1 amide bonds. The number of aliphatic hydroxyl groups is 11. The number of allylic oxidation sites excluding steroid dienone is 4. The minimum atomic E-state index is -1.97. The van der Waals surface area contributed by atoms with E-state index in [2.05, 4.69) is 43.5 Å². The summed E-state index contributed by atoms with van der Waals surface area (Å²) in [4.78, 5) is 13.5. The average Bonchev–Trinajstić information content (AvgIpc) is 0.780. The molecular weight excluding hydrogens is 1350 g/mol. The van der Waals surface area contributed by atoms with Crippen molar-refractivity contribution in [2.24, 2.45) is 0 Å². The number of ether oxygens (including phenoxy) is 6. The zero-order valence-electron chi connectivity index (χ0n) is 67.4. The summed E-state index contributed by atoms with van der Waals surface area (Å²) >= 11 is 0. The second kappa shape index (κ2) is 67.7. The van der Waals surface area contributed by atoms with Crippen molar-refractivity contribution in [1.82, 2.24) is 5.32 Å². The Balaban J connectivity index is 1.33. The summed E-state index contributed by atoms with van der Waals surface area (Å²) in [5, 5.41) is 121. The van der Waals surface area contributed by atoms with E-state index in [0.717, 1.165) is 51.4 Å². The normalized spacial score (nSPS) is 25.7. The van der Waals surface area contributed by atoms with Gasteiger partial charge >= 0.3 is 0 Å². The molecule has 0 aliphatic carbocycles. The van der Waals surface area contributed by atoms with Crippen molar-refractivity contribution in [3.63, 3.8) is 0 Å². The third kappa shape index (κ3) is 46.4. The van der Waals surface area contributed by atoms with Crippen molar-refractivity contribution < 1.29 is 89.4 Å². The Bertz CT molecular complexity index is 2000. The molecule has 0 aromatic heterocycles. The van der Waals surface area contributed by atoms with Crippen LogP contribution >= 0.6 is 0 Å². The molecule has 12 N–H and O–H groups in total. The van der Waals surface area contributed by atoms with E-state index in [1.807, 2.05) is 0 Å². The third-order valence-corrected chi connectivity index (χ3v) is 22.5. The van der Waals surface area contributed by atoms with Crippen LogP contribution in [0.1, 0.15) is 393 Å². The van der Waals surface area contributed by atoms with Crippen LogP contribution in [0.2, 0.25) is 0 Å². The van der Waals surface area contributed by atoms with Crippen LogP contribution in [-0.2, 0) is 33.2 Å². The molecule has 0 saturated carbocycles. The van der Waals surface area contributed by atoms with Crippen LogP contribution in [0.5, 0.6) is 0 Å². The molecule has 0 bridgehead atoms. The fraction of sp³-hybridized carbons (Fsp3) is 0.943. The molecule has 19 heteroatoms. The van der Waals surface area contributed by atoms with Crippen LogP contribution in [0.15, 0.2) is 24.3 Å². The van der Waals surface area contributed by atoms with Crippen molar-refractivity contribution in [3.05, 3.63) is 24.3 Å². The zero-order valence-corrected chi connectivity index (χ0v) is 67.4. The SMILES string of the molecule is CCCCCCC/C=C\C/C=C\CCCCCCCCCCCCCCCCCCCCCC(=O)NC(COC1OC(CO)C(OC2OC(CO)C(OC3OC(CO)C(O)C(O)C3O)C(O)C2O)C(O)C1O)C(O)CCCCCCCCCCCCCCCCCCCCCCCCCCCCCCCC. The van der Waals surface area contributed by atoms with Gasteiger partial charge in [-0.3, -0.25) is 4.79 Å². The highest BCUT2D eigenvalue weighted by molar-refractivity contribution is 5.76. The van der Waals surface area contributed by atoms with Crippen molar-refractivity contribution in [1.29, 1.82) is 0 Å². The first-order valence-corrected chi connectivity index (χ1v) is 44.6. The average molecular weight is 1510 g/mol. The number of hydrogen-bond donors (Lipinski definition) is 12. The van der Waals surface area contributed by atoms with E-state index in [1.54, 1.807) is 0 Å². The van der Waals surface area contributed by atoms with Crippen LogP contribution in [-0.4, -0.2) is 193 Å². The second-order valence-corrected chi connectivity index (χ2v) is 32.1. The first kappa shape index (κ1) is 98.5. The number of carbonyl (C=O) groups excluding carboxylic acids is 1. The molecule has 0 aromatic rings. The van der Waals surface area contributed by atoms with Crippen LogP contribution in [0.3, 0.4) is 0 Å². The van der Waals surface area contributed by atoms with Gasteiger partial charge in [0, 0.05) is 6.42 Å². The highest BCUT2D eigenvalue weighted by Crippen LogP contribution is 2.34. The molecule has 3 heterocycles. The minimum absolute atomic E-state index is 0.234. The van der Waals surface area contributed by atoms with Gasteiger partial charge in [0.25, 0.3) is 0 Å². The molecule has 3 saturated heterocycles. The van der Waals surface area contributed by atoms with Gasteiger partial charge in [-0.15, -0.1) is 0 Å². The van der Waals surface area contributed by atoms with Crippen molar-refractivity contribution in [2.45, 2.75) is 497 Å². The summed E-state index contributed by atoms with van der Waals surface area (Å²) in [5.41, 5.74) is 0. The highest BCUT2D eigenvalue weighted by Gasteiger charge is 2.54. The molecule has 3 aliphatic rings. The van der Waals surface area contributed by atoms with Gasteiger partial charge in [-0.25, -0.2) is 0 Å². The van der Waals surface area contributed by atoms with Gasteiger partial charge < -0.3 is 89.9 Å². The fourth-order valence-electron chi connectivity index (χ4n) is 15.4. The predicted molar refractivity (Wildman–Crippen MR) is 425 cm³/mol. The fourth-order valence-corrected chi connectivity index (χ4v) is 15.4. The zero-order chi connectivity index (χ0) is 76.7. The molecule has 626 valence electrons. The number of amides is 1. The lowest BCUT2D eigenvalue weighted by molar-refractivity contribution is -0.379. The summed E-state index contributed by atoms with van der Waals surface area (Å²) in [6.07, 6.45) is 57.1. The monoisotopic (exact) mass is 1510 g/mol. The van der Waals surface area contributed by atoms with Crippen LogP contribution in [0.4, 0.5) is 0 Å². The van der Waals surface area contributed by atoms with E-state index < -0.39 is 124 Å². The standard InChI is InChI=1S/C87H165NO18/c1-3-5-7-9-11-13-15-17-19-21-23-25-27-29-31-33-35-37-39-41-43-45-47-49-51-53-55-57-59-61-63-65-75(93)88-70(71(92)64-62-60-58-56-54-52-50-48-46-44-42-40-38-36-34-32-30-28-26-24-22-20-18-16-14-12-10-8-6-4-2)69-101-85-81(99)78(96)83(73(67-90)103-85)106-87-82(100)79(97)84(74(68-91)104-87)105-86-80(98)77(95)76(94)72(66-89)102-86/h15,17,21,23,70-74,76-87,89-92,94-100H,3-14,16,18-20,22,24-69H2,1-2H3,(H,88,93)/b17-15-,23-21-. The number of unbranched alkanes of at least 4 members (excludes halogenated alkanes) is 53. The Kier molecular flexibility index (Phi) is 62.9. The van der Waals surface area contributed by atoms with E-state index in [-0.39, 0.29) is 18.9 Å². The van der Waals surface area contributed by atoms with Gasteiger partial charge in [0.2, 0.25) is 5.91 Å². The molecule has 3 fully saturated rings. The molecule has 106 heavy (non-hydrogen) atoms. The van der Waals surface area contributed by atoms with Gasteiger partial charge in [0.1, 0.15) is 73.2 Å². The van der Waals surface area contributed by atoms with Gasteiger partial charge in [-0.1, -0.05) is 366 Å². The number of hydrogen-bond acceptors (Lipinski definition) is 18. The lowest BCUT2D eigenvalue weighted by Crippen LogP contribution is -2.66. The van der Waals surface area contributed by atoms with Crippen molar-refractivity contribution in [3.8, 4) is 0 Å². The van der Waals surface area contributed by atoms with Crippen LogP contribution in [0.25, 0.3) is 0 Å². The Labute approximate surface area is 645 Å². The maximum atomic E-state index is 13.5. The van der Waals surface area contributed by atoms with Crippen molar-refractivity contribution >= 4 is 5.91 Å². The molecule has 17 atom stereocenters. The molecule has 19 nitrogen and oxygen atoms in total. The molecule has 3 rings (SSSR count). The summed E-state index contributed by atoms with van der Waals surface area (Å²) in [6.45, 7) is 1.86.